The van der Waals surface area contributed by atoms with Crippen molar-refractivity contribution in [3.63, 3.8) is 0 Å². The molecule has 20 heavy (non-hydrogen) atoms. The first-order valence-electron chi connectivity index (χ1n) is 7.02. The molecule has 1 aromatic heterocycles. The minimum Gasteiger partial charge on any atom is -0.469 e. The maximum Gasteiger partial charge on any atom is 0.305 e. The molecule has 0 aliphatic carbocycles. The molecule has 0 fully saturated rings. The van der Waals surface area contributed by atoms with E-state index in [-0.39, 0.29) is 11.9 Å². The number of aryl methyl sites for hydroxylation is 2. The number of methoxy groups -OCH3 is 1. The number of rotatable bonds is 8. The van der Waals surface area contributed by atoms with E-state index in [9.17, 15) is 9.59 Å². The maximum atomic E-state index is 11.9. The fourth-order valence-electron chi connectivity index (χ4n) is 1.94. The van der Waals surface area contributed by atoms with Gasteiger partial charge in [-0.2, -0.15) is 0 Å². The Balaban J connectivity index is 2.21. The second-order valence-corrected chi connectivity index (χ2v) is 5.94. The molecule has 0 bridgehead atoms. The van der Waals surface area contributed by atoms with Gasteiger partial charge in [-0.3, -0.25) is 9.59 Å². The third-order valence-corrected chi connectivity index (χ3v) is 4.29. The van der Waals surface area contributed by atoms with Crippen LogP contribution >= 0.6 is 11.3 Å². The molecule has 0 spiro atoms. The van der Waals surface area contributed by atoms with Crippen LogP contribution in [0.2, 0.25) is 0 Å². The SMILES string of the molecule is CCc1cc(C(=O)NCCCCCC(=O)OC)sc1C. The quantitative estimate of drug-likeness (QED) is 0.592. The van der Waals surface area contributed by atoms with E-state index < -0.39 is 0 Å². The molecule has 0 saturated heterocycles. The number of carbonyl (C=O) groups is 2. The number of unbranched alkanes of at least 4 members (excludes halogenated alkanes) is 2. The van der Waals surface area contributed by atoms with Crippen LogP contribution in [0.5, 0.6) is 0 Å². The lowest BCUT2D eigenvalue weighted by Crippen LogP contribution is -2.23. The normalized spacial score (nSPS) is 10.3. The molecule has 1 rings (SSSR count). The fraction of sp³-hybridized carbons (Fsp3) is 0.600. The molecule has 0 atom stereocenters. The molecule has 0 aliphatic rings. The topological polar surface area (TPSA) is 55.4 Å². The van der Waals surface area contributed by atoms with E-state index in [2.05, 4.69) is 17.0 Å². The predicted molar refractivity (Wildman–Crippen MR) is 81.3 cm³/mol. The monoisotopic (exact) mass is 297 g/mol. The van der Waals surface area contributed by atoms with Gasteiger partial charge < -0.3 is 10.1 Å². The highest BCUT2D eigenvalue weighted by atomic mass is 32.1. The standard InChI is InChI=1S/C15H23NO3S/c1-4-12-10-13(20-11(12)2)15(18)16-9-7-5-6-8-14(17)19-3/h10H,4-9H2,1-3H3,(H,16,18). The Labute approximate surface area is 124 Å². The highest BCUT2D eigenvalue weighted by Gasteiger charge is 2.10. The molecule has 0 aromatic carbocycles. The summed E-state index contributed by atoms with van der Waals surface area (Å²) in [6.45, 7) is 4.80. The Hall–Kier alpha value is -1.36. The lowest BCUT2D eigenvalue weighted by molar-refractivity contribution is -0.140. The molecule has 112 valence electrons. The summed E-state index contributed by atoms with van der Waals surface area (Å²) in [4.78, 5) is 24.9. The molecule has 1 N–H and O–H groups in total. The Bertz CT molecular complexity index is 454. The van der Waals surface area contributed by atoms with Crippen LogP contribution in [0.3, 0.4) is 0 Å². The molecule has 0 saturated carbocycles. The Morgan fingerprint density at radius 3 is 2.65 bits per heavy atom. The third kappa shape index (κ3) is 5.33. The average molecular weight is 297 g/mol. The average Bonchev–Trinajstić information content (AvgIpc) is 2.83. The zero-order valence-electron chi connectivity index (χ0n) is 12.5. The Morgan fingerprint density at radius 2 is 2.05 bits per heavy atom. The van der Waals surface area contributed by atoms with Crippen LogP contribution < -0.4 is 5.32 Å². The first-order chi connectivity index (χ1) is 9.58. The summed E-state index contributed by atoms with van der Waals surface area (Å²) in [5.74, 6) is -0.166. The summed E-state index contributed by atoms with van der Waals surface area (Å²) in [6, 6.07) is 1.98. The number of hydrogen-bond donors (Lipinski definition) is 1. The van der Waals surface area contributed by atoms with Gasteiger partial charge in [0.1, 0.15) is 0 Å². The van der Waals surface area contributed by atoms with E-state index in [1.165, 1.54) is 17.6 Å². The van der Waals surface area contributed by atoms with E-state index in [0.717, 1.165) is 30.6 Å². The van der Waals surface area contributed by atoms with Crippen molar-refractivity contribution in [3.8, 4) is 0 Å². The lowest BCUT2D eigenvalue weighted by atomic mass is 10.2. The fourth-order valence-corrected chi connectivity index (χ4v) is 2.98. The van der Waals surface area contributed by atoms with Gasteiger partial charge in [-0.25, -0.2) is 0 Å². The molecule has 0 aliphatic heterocycles. The third-order valence-electron chi connectivity index (χ3n) is 3.20. The summed E-state index contributed by atoms with van der Waals surface area (Å²) in [5.41, 5.74) is 1.25. The molecule has 1 heterocycles. The number of esters is 1. The van der Waals surface area contributed by atoms with Crippen LogP contribution in [-0.2, 0) is 16.0 Å². The van der Waals surface area contributed by atoms with Crippen LogP contribution in [0.25, 0.3) is 0 Å². The summed E-state index contributed by atoms with van der Waals surface area (Å²) in [5, 5.41) is 2.92. The van der Waals surface area contributed by atoms with E-state index in [0.29, 0.717) is 13.0 Å². The lowest BCUT2D eigenvalue weighted by Gasteiger charge is -2.03. The van der Waals surface area contributed by atoms with Crippen LogP contribution in [-0.4, -0.2) is 25.5 Å². The second kappa shape index (κ2) is 8.74. The van der Waals surface area contributed by atoms with Crippen molar-refractivity contribution in [1.29, 1.82) is 0 Å². The zero-order valence-corrected chi connectivity index (χ0v) is 13.3. The van der Waals surface area contributed by atoms with Crippen LogP contribution in [0.1, 0.15) is 52.7 Å². The maximum absolute atomic E-state index is 11.9. The van der Waals surface area contributed by atoms with Crippen molar-refractivity contribution >= 4 is 23.2 Å². The second-order valence-electron chi connectivity index (χ2n) is 4.69. The highest BCUT2D eigenvalue weighted by Crippen LogP contribution is 2.21. The van der Waals surface area contributed by atoms with Crippen LogP contribution in [0.15, 0.2) is 6.07 Å². The van der Waals surface area contributed by atoms with Crippen molar-refractivity contribution in [1.82, 2.24) is 5.32 Å². The van der Waals surface area contributed by atoms with E-state index in [4.69, 9.17) is 0 Å². The number of nitrogens with one attached hydrogen (secondary N) is 1. The minimum absolute atomic E-state index is 0.00534. The van der Waals surface area contributed by atoms with Gasteiger partial charge in [0.2, 0.25) is 0 Å². The van der Waals surface area contributed by atoms with Crippen molar-refractivity contribution in [2.24, 2.45) is 0 Å². The van der Waals surface area contributed by atoms with Gasteiger partial charge in [-0.1, -0.05) is 13.3 Å². The van der Waals surface area contributed by atoms with E-state index in [1.54, 1.807) is 11.3 Å². The van der Waals surface area contributed by atoms with Gasteiger partial charge in [0, 0.05) is 17.8 Å². The molecule has 4 nitrogen and oxygen atoms in total. The van der Waals surface area contributed by atoms with E-state index >= 15 is 0 Å². The largest absolute Gasteiger partial charge is 0.469 e. The molecule has 5 heteroatoms. The summed E-state index contributed by atoms with van der Waals surface area (Å²) < 4.78 is 4.57. The summed E-state index contributed by atoms with van der Waals surface area (Å²) in [6.07, 6.45) is 4.02. The zero-order chi connectivity index (χ0) is 15.0. The summed E-state index contributed by atoms with van der Waals surface area (Å²) >= 11 is 1.55. The summed E-state index contributed by atoms with van der Waals surface area (Å²) in [7, 11) is 1.40. The highest BCUT2D eigenvalue weighted by molar-refractivity contribution is 7.14. The van der Waals surface area contributed by atoms with Gasteiger partial charge in [0.25, 0.3) is 5.91 Å². The van der Waals surface area contributed by atoms with Crippen molar-refractivity contribution in [3.05, 3.63) is 21.4 Å². The number of ether oxygens (including phenoxy) is 1. The van der Waals surface area contributed by atoms with Crippen molar-refractivity contribution in [2.45, 2.75) is 46.0 Å². The number of amides is 1. The minimum atomic E-state index is -0.171. The van der Waals surface area contributed by atoms with Gasteiger partial charge >= 0.3 is 5.97 Å². The molecule has 0 radical (unpaired) electrons. The van der Waals surface area contributed by atoms with Crippen molar-refractivity contribution in [2.75, 3.05) is 13.7 Å². The first kappa shape index (κ1) is 16.7. The number of carbonyl (C=O) groups excluding carboxylic acids is 2. The van der Waals surface area contributed by atoms with Gasteiger partial charge in [-0.15, -0.1) is 11.3 Å². The Morgan fingerprint density at radius 1 is 1.30 bits per heavy atom. The van der Waals surface area contributed by atoms with Gasteiger partial charge in [0.05, 0.1) is 12.0 Å². The molecule has 1 aromatic rings. The van der Waals surface area contributed by atoms with Gasteiger partial charge in [-0.05, 0) is 37.8 Å². The molecular formula is C15H23NO3S. The molecular weight excluding hydrogens is 274 g/mol. The van der Waals surface area contributed by atoms with Crippen LogP contribution in [0, 0.1) is 6.92 Å². The van der Waals surface area contributed by atoms with Gasteiger partial charge in [0.15, 0.2) is 0 Å². The van der Waals surface area contributed by atoms with Crippen LogP contribution in [0.4, 0.5) is 0 Å². The van der Waals surface area contributed by atoms with Crippen molar-refractivity contribution < 1.29 is 14.3 Å². The van der Waals surface area contributed by atoms with E-state index in [1.807, 2.05) is 13.0 Å². The number of thiophene rings is 1. The Kier molecular flexibility index (Phi) is 7.30. The molecule has 0 unspecified atom stereocenters. The molecule has 1 amide bonds. The predicted octanol–water partition coefficient (Wildman–Crippen LogP) is 3.08. The first-order valence-corrected chi connectivity index (χ1v) is 7.84. The number of hydrogen-bond acceptors (Lipinski definition) is 4. The smallest absolute Gasteiger partial charge is 0.305 e.